The summed E-state index contributed by atoms with van der Waals surface area (Å²) in [6.07, 6.45) is 0.789. The molecule has 0 amide bonds. The highest BCUT2D eigenvalue weighted by Crippen LogP contribution is 2.54. The standard InChI is InChI=1S/C38H39FO5S2/c1-4-26-13-15-27(16-14-26)31-22-36(40)32-23-37(45(41,42)28-17-9-24(2)10-18-28)33(30-7-5-6-8-35(30)39)21-34(32)38(31)46(43,44)29-19-11-25(3)12-20-29/h5-20,31-34,37-38H,4,21-23H2,1-3H3. The Morgan fingerprint density at radius 3 is 1.80 bits per heavy atom. The van der Waals surface area contributed by atoms with Gasteiger partial charge in [-0.3, -0.25) is 4.79 Å². The molecular weight excluding hydrogens is 620 g/mol. The highest BCUT2D eigenvalue weighted by atomic mass is 32.2. The molecule has 240 valence electrons. The van der Waals surface area contributed by atoms with Crippen LogP contribution in [0, 0.1) is 31.5 Å². The number of carbonyl (C=O) groups excluding carboxylic acids is 1. The highest BCUT2D eigenvalue weighted by molar-refractivity contribution is 7.92. The zero-order valence-corrected chi connectivity index (χ0v) is 27.9. The number of aryl methyl sites for hydroxylation is 3. The Kier molecular flexibility index (Phi) is 8.81. The van der Waals surface area contributed by atoms with Crippen molar-refractivity contribution in [3.63, 3.8) is 0 Å². The third kappa shape index (κ3) is 5.86. The summed E-state index contributed by atoms with van der Waals surface area (Å²) in [5.74, 6) is -3.67. The Hall–Kier alpha value is -3.62. The number of halogens is 1. The van der Waals surface area contributed by atoms with E-state index in [4.69, 9.17) is 0 Å². The lowest BCUT2D eigenvalue weighted by Crippen LogP contribution is -2.53. The van der Waals surface area contributed by atoms with Gasteiger partial charge in [-0.25, -0.2) is 21.2 Å². The quantitative estimate of drug-likeness (QED) is 0.205. The average molecular weight is 659 g/mol. The summed E-state index contributed by atoms with van der Waals surface area (Å²) in [6, 6.07) is 27.2. The number of benzene rings is 4. The minimum Gasteiger partial charge on any atom is -0.299 e. The van der Waals surface area contributed by atoms with E-state index in [2.05, 4.69) is 0 Å². The zero-order valence-electron chi connectivity index (χ0n) is 26.3. The van der Waals surface area contributed by atoms with Crippen molar-refractivity contribution < 1.29 is 26.0 Å². The maximum absolute atomic E-state index is 15.6. The van der Waals surface area contributed by atoms with Gasteiger partial charge in [-0.05, 0) is 86.1 Å². The summed E-state index contributed by atoms with van der Waals surface area (Å²) >= 11 is 0. The van der Waals surface area contributed by atoms with Crippen molar-refractivity contribution in [1.29, 1.82) is 0 Å². The topological polar surface area (TPSA) is 85.3 Å². The van der Waals surface area contributed by atoms with E-state index in [0.717, 1.165) is 28.7 Å². The molecule has 8 heteroatoms. The largest absolute Gasteiger partial charge is 0.299 e. The third-order valence-corrected chi connectivity index (χ3v) is 14.8. The molecule has 6 rings (SSSR count). The first kappa shape index (κ1) is 32.3. The predicted molar refractivity (Wildman–Crippen MR) is 178 cm³/mol. The summed E-state index contributed by atoms with van der Waals surface area (Å²) in [7, 11) is -8.03. The van der Waals surface area contributed by atoms with Gasteiger partial charge in [0.2, 0.25) is 0 Å². The lowest BCUT2D eigenvalue weighted by Gasteiger charge is -2.48. The van der Waals surface area contributed by atoms with Crippen LogP contribution >= 0.6 is 0 Å². The van der Waals surface area contributed by atoms with Crippen molar-refractivity contribution in [2.24, 2.45) is 11.8 Å². The van der Waals surface area contributed by atoms with E-state index in [-0.39, 0.29) is 40.4 Å². The van der Waals surface area contributed by atoms with Gasteiger partial charge < -0.3 is 0 Å². The molecule has 4 aromatic rings. The van der Waals surface area contributed by atoms with Crippen LogP contribution in [0.25, 0.3) is 0 Å². The van der Waals surface area contributed by atoms with Crippen LogP contribution < -0.4 is 0 Å². The number of hydrogen-bond acceptors (Lipinski definition) is 5. The van der Waals surface area contributed by atoms with E-state index in [1.165, 1.54) is 6.07 Å². The second-order valence-electron chi connectivity index (χ2n) is 13.0. The highest BCUT2D eigenvalue weighted by Gasteiger charge is 2.56. The molecule has 2 aliphatic carbocycles. The Morgan fingerprint density at radius 2 is 1.24 bits per heavy atom. The maximum Gasteiger partial charge on any atom is 0.182 e. The third-order valence-electron chi connectivity index (χ3n) is 10.2. The predicted octanol–water partition coefficient (Wildman–Crippen LogP) is 7.56. The van der Waals surface area contributed by atoms with Crippen LogP contribution in [0.3, 0.4) is 0 Å². The van der Waals surface area contributed by atoms with Gasteiger partial charge in [-0.15, -0.1) is 0 Å². The van der Waals surface area contributed by atoms with Crippen molar-refractivity contribution in [2.45, 2.75) is 78.6 Å². The van der Waals surface area contributed by atoms with E-state index < -0.39 is 59.7 Å². The fourth-order valence-electron chi connectivity index (χ4n) is 7.70. The van der Waals surface area contributed by atoms with Crippen molar-refractivity contribution >= 4 is 25.5 Å². The lowest BCUT2D eigenvalue weighted by molar-refractivity contribution is -0.128. The molecule has 0 spiro atoms. The van der Waals surface area contributed by atoms with Crippen molar-refractivity contribution in [2.75, 3.05) is 0 Å². The molecule has 0 heterocycles. The molecule has 2 aliphatic rings. The van der Waals surface area contributed by atoms with Crippen LogP contribution in [-0.4, -0.2) is 33.1 Å². The molecule has 0 saturated heterocycles. The Morgan fingerprint density at radius 1 is 0.674 bits per heavy atom. The second-order valence-corrected chi connectivity index (χ2v) is 17.2. The number of rotatable bonds is 7. The molecule has 0 aliphatic heterocycles. The van der Waals surface area contributed by atoms with Crippen LogP contribution in [0.5, 0.6) is 0 Å². The molecule has 0 radical (unpaired) electrons. The minimum absolute atomic E-state index is 0.00986. The summed E-state index contributed by atoms with van der Waals surface area (Å²) in [5, 5.41) is -2.09. The molecule has 2 fully saturated rings. The smallest absolute Gasteiger partial charge is 0.182 e. The van der Waals surface area contributed by atoms with E-state index in [1.54, 1.807) is 66.7 Å². The van der Waals surface area contributed by atoms with E-state index >= 15 is 4.39 Å². The molecule has 6 unspecified atom stereocenters. The van der Waals surface area contributed by atoms with Crippen LogP contribution in [0.1, 0.15) is 65.8 Å². The van der Waals surface area contributed by atoms with Crippen LogP contribution in [0.15, 0.2) is 107 Å². The van der Waals surface area contributed by atoms with E-state index in [1.807, 2.05) is 45.0 Å². The number of fused-ring (bicyclic) bond motifs is 1. The molecule has 4 aromatic carbocycles. The Labute approximate surface area is 271 Å². The molecule has 0 bridgehead atoms. The first-order chi connectivity index (χ1) is 21.9. The van der Waals surface area contributed by atoms with Crippen LogP contribution in [0.2, 0.25) is 0 Å². The van der Waals surface area contributed by atoms with Crippen molar-refractivity contribution in [1.82, 2.24) is 0 Å². The zero-order chi connectivity index (χ0) is 32.8. The number of hydrogen-bond donors (Lipinski definition) is 0. The van der Waals surface area contributed by atoms with Gasteiger partial charge in [0, 0.05) is 24.2 Å². The molecule has 0 aromatic heterocycles. The monoisotopic (exact) mass is 658 g/mol. The minimum atomic E-state index is -4.02. The fourth-order valence-corrected chi connectivity index (χ4v) is 12.0. The van der Waals surface area contributed by atoms with Crippen molar-refractivity contribution in [3.05, 3.63) is 131 Å². The molecular formula is C38H39FO5S2. The summed E-state index contributed by atoms with van der Waals surface area (Å²) in [6.45, 7) is 5.80. The van der Waals surface area contributed by atoms with Gasteiger partial charge in [0.05, 0.1) is 20.3 Å². The molecule has 0 N–H and O–H groups in total. The first-order valence-electron chi connectivity index (χ1n) is 15.9. The van der Waals surface area contributed by atoms with E-state index in [0.29, 0.717) is 0 Å². The van der Waals surface area contributed by atoms with Gasteiger partial charge in [0.25, 0.3) is 0 Å². The van der Waals surface area contributed by atoms with Crippen LogP contribution in [-0.2, 0) is 30.9 Å². The van der Waals surface area contributed by atoms with Crippen LogP contribution in [0.4, 0.5) is 4.39 Å². The molecule has 46 heavy (non-hydrogen) atoms. The second kappa shape index (κ2) is 12.5. The number of sulfone groups is 2. The number of ketones is 1. The van der Waals surface area contributed by atoms with Gasteiger partial charge >= 0.3 is 0 Å². The number of carbonyl (C=O) groups is 1. The SMILES string of the molecule is CCc1ccc(C2CC(=O)C3CC(S(=O)(=O)c4ccc(C)cc4)C(c4ccccc4F)CC3C2S(=O)(=O)c2ccc(C)cc2)cc1. The number of Topliss-reactive ketones (excluding diaryl/α,β-unsaturated/α-hetero) is 1. The molecule has 5 nitrogen and oxygen atoms in total. The first-order valence-corrected chi connectivity index (χ1v) is 19.0. The normalized spacial score (nSPS) is 25.2. The fraction of sp³-hybridized carbons (Fsp3) is 0.342. The van der Waals surface area contributed by atoms with Gasteiger partial charge in [0.1, 0.15) is 11.6 Å². The Balaban J connectivity index is 1.51. The average Bonchev–Trinajstić information content (AvgIpc) is 3.04. The summed E-state index contributed by atoms with van der Waals surface area (Å²) in [4.78, 5) is 14.4. The molecule has 2 saturated carbocycles. The van der Waals surface area contributed by atoms with Crippen molar-refractivity contribution in [3.8, 4) is 0 Å². The van der Waals surface area contributed by atoms with Gasteiger partial charge in [-0.1, -0.05) is 84.8 Å². The lowest BCUT2D eigenvalue weighted by atomic mass is 9.61. The van der Waals surface area contributed by atoms with Gasteiger partial charge in [-0.2, -0.15) is 0 Å². The summed E-state index contributed by atoms with van der Waals surface area (Å²) < 4.78 is 73.6. The molecule has 6 atom stereocenters. The van der Waals surface area contributed by atoms with E-state index in [9.17, 15) is 21.6 Å². The van der Waals surface area contributed by atoms with Gasteiger partial charge in [0.15, 0.2) is 19.7 Å². The Bertz CT molecular complexity index is 1950. The maximum atomic E-state index is 15.6. The summed E-state index contributed by atoms with van der Waals surface area (Å²) in [5.41, 5.74) is 3.92.